The van der Waals surface area contributed by atoms with Crippen LogP contribution in [-0.2, 0) is 9.36 Å². The van der Waals surface area contributed by atoms with Crippen molar-refractivity contribution in [2.24, 2.45) is 0 Å². The zero-order chi connectivity index (χ0) is 31.5. The molecule has 0 rings (SSSR count). The van der Waals surface area contributed by atoms with Crippen molar-refractivity contribution in [1.82, 2.24) is 5.48 Å². The lowest BCUT2D eigenvalue weighted by Gasteiger charge is -2.05. The summed E-state index contributed by atoms with van der Waals surface area (Å²) in [7, 11) is -3.78. The second-order valence-corrected chi connectivity index (χ2v) is 15.1. The molecule has 0 aromatic heterocycles. The highest BCUT2D eigenvalue weighted by Crippen LogP contribution is 2.35. The standard InChI is InChI=1S/C36H74NO5P/c38-36(37-39)34-32-30-28-26-24-22-20-18-16-14-12-10-8-6-4-2-1-3-5-7-9-11-13-15-17-19-21-23-25-27-29-31-33-35-43(40,41)42/h39H,1-35H2,(H,37,38)(H2,40,41,42). The van der Waals surface area contributed by atoms with Gasteiger partial charge in [-0.1, -0.05) is 199 Å². The second kappa shape index (κ2) is 34.5. The van der Waals surface area contributed by atoms with Gasteiger partial charge in [-0.3, -0.25) is 14.6 Å². The topological polar surface area (TPSA) is 107 Å². The fourth-order valence-electron chi connectivity index (χ4n) is 6.14. The molecule has 1 amide bonds. The molecule has 0 bridgehead atoms. The van der Waals surface area contributed by atoms with Crippen molar-refractivity contribution in [2.75, 3.05) is 6.16 Å². The lowest BCUT2D eigenvalue weighted by molar-refractivity contribution is -0.129. The lowest BCUT2D eigenvalue weighted by atomic mass is 10.0. The maximum Gasteiger partial charge on any atom is 0.325 e. The molecule has 4 N–H and O–H groups in total. The first-order valence-corrected chi connectivity index (χ1v) is 20.7. The number of nitrogens with one attached hydrogen (secondary N) is 1. The van der Waals surface area contributed by atoms with Gasteiger partial charge in [0.15, 0.2) is 0 Å². The third-order valence-corrected chi connectivity index (χ3v) is 9.88. The van der Waals surface area contributed by atoms with Crippen LogP contribution in [-0.4, -0.2) is 27.1 Å². The van der Waals surface area contributed by atoms with Gasteiger partial charge in [0.25, 0.3) is 0 Å². The first-order chi connectivity index (χ1) is 21.0. The Bertz CT molecular complexity index is 612. The Labute approximate surface area is 267 Å². The summed E-state index contributed by atoms with van der Waals surface area (Å²) in [5, 5.41) is 8.46. The summed E-state index contributed by atoms with van der Waals surface area (Å²) >= 11 is 0. The van der Waals surface area contributed by atoms with E-state index < -0.39 is 7.60 Å². The van der Waals surface area contributed by atoms with Gasteiger partial charge in [0, 0.05) is 12.6 Å². The Morgan fingerprint density at radius 2 is 0.558 bits per heavy atom. The minimum Gasteiger partial charge on any atom is -0.324 e. The maximum atomic E-state index is 10.9. The van der Waals surface area contributed by atoms with Crippen LogP contribution in [0.2, 0.25) is 0 Å². The number of hydrogen-bond acceptors (Lipinski definition) is 3. The van der Waals surface area contributed by atoms with Crippen LogP contribution >= 0.6 is 7.60 Å². The van der Waals surface area contributed by atoms with Gasteiger partial charge in [0.1, 0.15) is 0 Å². The number of carbonyl (C=O) groups is 1. The molecule has 0 aromatic rings. The zero-order valence-electron chi connectivity index (χ0n) is 28.4. The largest absolute Gasteiger partial charge is 0.325 e. The number of hydrogen-bond donors (Lipinski definition) is 4. The Kier molecular flexibility index (Phi) is 34.1. The lowest BCUT2D eigenvalue weighted by Crippen LogP contribution is -2.17. The van der Waals surface area contributed by atoms with E-state index in [-0.39, 0.29) is 12.1 Å². The Hall–Kier alpha value is -0.420. The maximum absolute atomic E-state index is 10.9. The summed E-state index contributed by atoms with van der Waals surface area (Å²) in [5.74, 6) is -0.263. The van der Waals surface area contributed by atoms with E-state index in [1.807, 2.05) is 0 Å². The first-order valence-electron chi connectivity index (χ1n) is 18.9. The molecule has 0 radical (unpaired) electrons. The Morgan fingerprint density at radius 1 is 0.372 bits per heavy atom. The monoisotopic (exact) mass is 632 g/mol. The summed E-state index contributed by atoms with van der Waals surface area (Å²) < 4.78 is 10.8. The predicted molar refractivity (Wildman–Crippen MR) is 184 cm³/mol. The summed E-state index contributed by atoms with van der Waals surface area (Å²) in [6, 6.07) is 0. The third-order valence-electron chi connectivity index (χ3n) is 8.98. The van der Waals surface area contributed by atoms with E-state index in [0.717, 1.165) is 25.7 Å². The highest BCUT2D eigenvalue weighted by molar-refractivity contribution is 7.51. The van der Waals surface area contributed by atoms with Crippen LogP contribution in [0.5, 0.6) is 0 Å². The first kappa shape index (κ1) is 42.6. The van der Waals surface area contributed by atoms with Gasteiger partial charge < -0.3 is 9.79 Å². The van der Waals surface area contributed by atoms with Crippen molar-refractivity contribution in [3.05, 3.63) is 0 Å². The minimum atomic E-state index is -3.78. The summed E-state index contributed by atoms with van der Waals surface area (Å²) in [5.41, 5.74) is 1.70. The number of rotatable bonds is 36. The van der Waals surface area contributed by atoms with E-state index in [1.54, 1.807) is 5.48 Å². The molecule has 7 heteroatoms. The van der Waals surface area contributed by atoms with Crippen molar-refractivity contribution in [3.63, 3.8) is 0 Å². The SMILES string of the molecule is O=C(CCCCCCCCCCCCCCCCCCCCCCCCCCCCCCCCCCCP(=O)(O)O)NO. The number of hydroxylamine groups is 1. The van der Waals surface area contributed by atoms with Crippen molar-refractivity contribution in [1.29, 1.82) is 0 Å². The van der Waals surface area contributed by atoms with Gasteiger partial charge in [0.2, 0.25) is 5.91 Å². The van der Waals surface area contributed by atoms with Crippen molar-refractivity contribution < 1.29 is 24.4 Å². The molecule has 0 aliphatic heterocycles. The summed E-state index contributed by atoms with van der Waals surface area (Å²) in [6.07, 6.45) is 43.9. The molecule has 0 fully saturated rings. The van der Waals surface area contributed by atoms with Crippen molar-refractivity contribution in [2.45, 2.75) is 218 Å². The average Bonchev–Trinajstić information content (AvgIpc) is 2.98. The number of unbranched alkanes of at least 4 members (excludes halogenated alkanes) is 32. The fraction of sp³-hybridized carbons (Fsp3) is 0.972. The normalized spacial score (nSPS) is 11.8. The van der Waals surface area contributed by atoms with E-state index in [1.165, 1.54) is 180 Å². The van der Waals surface area contributed by atoms with Crippen molar-refractivity contribution >= 4 is 13.5 Å². The number of amides is 1. The van der Waals surface area contributed by atoms with Gasteiger partial charge >= 0.3 is 7.60 Å². The van der Waals surface area contributed by atoms with Gasteiger partial charge in [-0.05, 0) is 12.8 Å². The van der Waals surface area contributed by atoms with Gasteiger partial charge in [-0.2, -0.15) is 0 Å². The van der Waals surface area contributed by atoms with Gasteiger partial charge in [0.05, 0.1) is 0 Å². The summed E-state index contributed by atoms with van der Waals surface area (Å²) in [6.45, 7) is 0. The fourth-order valence-corrected chi connectivity index (χ4v) is 6.77. The minimum absolute atomic E-state index is 0.0545. The Morgan fingerprint density at radius 3 is 0.744 bits per heavy atom. The highest BCUT2D eigenvalue weighted by Gasteiger charge is 2.10. The molecule has 0 atom stereocenters. The molecule has 258 valence electrons. The van der Waals surface area contributed by atoms with Gasteiger partial charge in [-0.25, -0.2) is 5.48 Å². The van der Waals surface area contributed by atoms with Crippen LogP contribution in [0.15, 0.2) is 0 Å². The van der Waals surface area contributed by atoms with Crippen LogP contribution in [0.1, 0.15) is 218 Å². The molecular weight excluding hydrogens is 557 g/mol. The van der Waals surface area contributed by atoms with E-state index in [9.17, 15) is 9.36 Å². The van der Waals surface area contributed by atoms with Crippen LogP contribution in [0.4, 0.5) is 0 Å². The van der Waals surface area contributed by atoms with Crippen LogP contribution in [0.3, 0.4) is 0 Å². The molecule has 0 aliphatic carbocycles. The summed E-state index contributed by atoms with van der Waals surface area (Å²) in [4.78, 5) is 28.6. The smallest absolute Gasteiger partial charge is 0.324 e. The molecule has 43 heavy (non-hydrogen) atoms. The van der Waals surface area contributed by atoms with E-state index >= 15 is 0 Å². The molecule has 0 unspecified atom stereocenters. The second-order valence-electron chi connectivity index (χ2n) is 13.3. The molecule has 0 saturated carbocycles. The molecule has 0 spiro atoms. The molecular formula is C36H74NO5P. The average molecular weight is 632 g/mol. The zero-order valence-corrected chi connectivity index (χ0v) is 29.2. The number of carbonyl (C=O) groups excluding carboxylic acids is 1. The molecule has 0 heterocycles. The van der Waals surface area contributed by atoms with E-state index in [4.69, 9.17) is 15.0 Å². The molecule has 0 aliphatic rings. The van der Waals surface area contributed by atoms with E-state index in [2.05, 4.69) is 0 Å². The Balaban J connectivity index is 3.07. The van der Waals surface area contributed by atoms with Crippen LogP contribution in [0.25, 0.3) is 0 Å². The molecule has 6 nitrogen and oxygen atoms in total. The third kappa shape index (κ3) is 39.6. The molecule has 0 saturated heterocycles. The molecule has 0 aromatic carbocycles. The van der Waals surface area contributed by atoms with Gasteiger partial charge in [-0.15, -0.1) is 0 Å². The van der Waals surface area contributed by atoms with Crippen LogP contribution < -0.4 is 5.48 Å². The van der Waals surface area contributed by atoms with Crippen molar-refractivity contribution in [3.8, 4) is 0 Å². The highest BCUT2D eigenvalue weighted by atomic mass is 31.2. The predicted octanol–water partition coefficient (Wildman–Crippen LogP) is 11.9. The van der Waals surface area contributed by atoms with Crippen LogP contribution in [0, 0.1) is 0 Å². The van der Waals surface area contributed by atoms with E-state index in [0.29, 0.717) is 12.8 Å². The quantitative estimate of drug-likeness (QED) is 0.0238.